The first-order valence-corrected chi connectivity index (χ1v) is 16.6. The molecule has 40 heavy (non-hydrogen) atoms. The molecule has 0 bridgehead atoms. The van der Waals surface area contributed by atoms with Crippen molar-refractivity contribution < 1.29 is 32.6 Å². The van der Waals surface area contributed by atoms with Crippen LogP contribution in [0.25, 0.3) is 0 Å². The molecule has 0 fully saturated rings. The molecule has 1 heterocycles. The Balaban J connectivity index is 2.97. The predicted molar refractivity (Wildman–Crippen MR) is 163 cm³/mol. The van der Waals surface area contributed by atoms with Gasteiger partial charge in [0.1, 0.15) is 18.8 Å². The summed E-state index contributed by atoms with van der Waals surface area (Å²) in [4.78, 5) is 11.6. The minimum atomic E-state index is -1.87. The SMILES string of the molecule is C/C=C/[C@H](OCOC)C(C)(C)[C@H](C/C=C\C#C/C=C/[C@@H](Cc1cc(C(=O)OC)co1)OC)O[Si](CC)(CC)CC. The highest BCUT2D eigenvalue weighted by Crippen LogP contribution is 2.37. The van der Waals surface area contributed by atoms with Gasteiger partial charge in [0.05, 0.1) is 31.0 Å². The second-order valence-electron chi connectivity index (χ2n) is 10.2. The van der Waals surface area contributed by atoms with Crippen LogP contribution in [-0.2, 0) is 29.8 Å². The van der Waals surface area contributed by atoms with Crippen LogP contribution in [0.5, 0.6) is 0 Å². The van der Waals surface area contributed by atoms with E-state index < -0.39 is 14.3 Å². The lowest BCUT2D eigenvalue weighted by atomic mass is 9.79. The highest BCUT2D eigenvalue weighted by atomic mass is 28.4. The van der Waals surface area contributed by atoms with E-state index in [9.17, 15) is 4.79 Å². The summed E-state index contributed by atoms with van der Waals surface area (Å²) >= 11 is 0. The molecule has 0 amide bonds. The molecule has 0 spiro atoms. The number of allylic oxidation sites excluding steroid dienone is 3. The Bertz CT molecular complexity index is 1000. The largest absolute Gasteiger partial charge is 0.468 e. The summed E-state index contributed by atoms with van der Waals surface area (Å²) < 4.78 is 34.0. The van der Waals surface area contributed by atoms with Gasteiger partial charge in [-0.2, -0.15) is 0 Å². The molecule has 0 aliphatic carbocycles. The summed E-state index contributed by atoms with van der Waals surface area (Å²) in [5.41, 5.74) is 0.0943. The number of esters is 1. The zero-order chi connectivity index (χ0) is 30.0. The third kappa shape index (κ3) is 11.2. The van der Waals surface area contributed by atoms with Gasteiger partial charge < -0.3 is 27.8 Å². The van der Waals surface area contributed by atoms with Crippen LogP contribution in [0.4, 0.5) is 0 Å². The Labute approximate surface area is 243 Å². The third-order valence-electron chi connectivity index (χ3n) is 7.43. The van der Waals surface area contributed by atoms with Crippen molar-refractivity contribution in [2.45, 2.75) is 90.8 Å². The fourth-order valence-corrected chi connectivity index (χ4v) is 7.47. The number of rotatable bonds is 18. The van der Waals surface area contributed by atoms with E-state index in [0.717, 1.165) is 24.6 Å². The maximum absolute atomic E-state index is 11.6. The van der Waals surface area contributed by atoms with Crippen LogP contribution in [0.2, 0.25) is 18.1 Å². The van der Waals surface area contributed by atoms with Gasteiger partial charge in [-0.3, -0.25) is 0 Å². The monoisotopic (exact) mass is 574 g/mol. The lowest BCUT2D eigenvalue weighted by Crippen LogP contribution is -2.49. The van der Waals surface area contributed by atoms with Gasteiger partial charge in [0.15, 0.2) is 8.32 Å². The van der Waals surface area contributed by atoms with Crippen molar-refractivity contribution >= 4 is 14.3 Å². The Morgan fingerprint density at radius 3 is 2.33 bits per heavy atom. The molecule has 7 nitrogen and oxygen atoms in total. The first kappa shape index (κ1) is 35.6. The Kier molecular flexibility index (Phi) is 16.8. The topological polar surface area (TPSA) is 76.4 Å². The number of ether oxygens (including phenoxy) is 4. The molecular weight excluding hydrogens is 524 g/mol. The first-order chi connectivity index (χ1) is 19.2. The summed E-state index contributed by atoms with van der Waals surface area (Å²) in [7, 11) is 2.73. The highest BCUT2D eigenvalue weighted by molar-refractivity contribution is 6.73. The molecule has 3 atom stereocenters. The molecule has 0 aromatic carbocycles. The Morgan fingerprint density at radius 1 is 1.07 bits per heavy atom. The third-order valence-corrected chi connectivity index (χ3v) is 12.1. The number of hydrogen-bond donors (Lipinski definition) is 0. The number of furan rings is 1. The zero-order valence-corrected chi connectivity index (χ0v) is 27.0. The smallest absolute Gasteiger partial charge is 0.341 e. The van der Waals surface area contributed by atoms with Gasteiger partial charge in [-0.1, -0.05) is 64.7 Å². The van der Waals surface area contributed by atoms with Gasteiger partial charge in [-0.05, 0) is 55.8 Å². The van der Waals surface area contributed by atoms with E-state index in [-0.39, 0.29) is 30.5 Å². The van der Waals surface area contributed by atoms with Crippen LogP contribution < -0.4 is 0 Å². The Hall–Kier alpha value is -2.41. The van der Waals surface area contributed by atoms with Crippen LogP contribution in [-0.4, -0.2) is 60.7 Å². The van der Waals surface area contributed by atoms with Crippen LogP contribution >= 0.6 is 0 Å². The number of methoxy groups -OCH3 is 3. The van der Waals surface area contributed by atoms with Crippen LogP contribution in [0.3, 0.4) is 0 Å². The molecular formula is C32H50O7Si. The summed E-state index contributed by atoms with van der Waals surface area (Å²) in [5.74, 6) is 6.34. The molecule has 0 aliphatic heterocycles. The Morgan fingerprint density at radius 2 is 1.75 bits per heavy atom. The molecule has 1 aromatic heterocycles. The number of hydrogen-bond acceptors (Lipinski definition) is 7. The standard InChI is InChI=1S/C32H50O7Si/c1-10-19-29(38-25-34-7)32(5,6)30(39-40(11-2,12-3)13-4)21-18-16-14-15-17-20-27(35-8)23-28-22-26(24-37-28)31(33)36-9/h10,16-20,22,24,27,29-30H,11-13,21,23,25H2,1-9H3/b18-16-,19-10+,20-17+/t27-,29-,30-/m0/s1. The van der Waals surface area contributed by atoms with E-state index in [1.165, 1.54) is 13.4 Å². The maximum atomic E-state index is 11.6. The van der Waals surface area contributed by atoms with E-state index in [4.69, 9.17) is 27.8 Å². The fourth-order valence-electron chi connectivity index (χ4n) is 4.47. The van der Waals surface area contributed by atoms with Crippen molar-refractivity contribution in [1.82, 2.24) is 0 Å². The van der Waals surface area contributed by atoms with Crippen molar-refractivity contribution in [3.05, 3.63) is 60.1 Å². The number of carbonyl (C=O) groups excluding carboxylic acids is 1. The highest BCUT2D eigenvalue weighted by Gasteiger charge is 2.42. The quantitative estimate of drug-likeness (QED) is 0.0608. The second-order valence-corrected chi connectivity index (χ2v) is 15.0. The van der Waals surface area contributed by atoms with Crippen LogP contribution in [0, 0.1) is 17.3 Å². The molecule has 224 valence electrons. The van der Waals surface area contributed by atoms with Gasteiger partial charge in [-0.15, -0.1) is 0 Å². The average Bonchev–Trinajstić information content (AvgIpc) is 3.43. The predicted octanol–water partition coefficient (Wildman–Crippen LogP) is 7.11. The number of carbonyl (C=O) groups is 1. The van der Waals surface area contributed by atoms with E-state index in [1.807, 2.05) is 25.2 Å². The molecule has 0 saturated heterocycles. The normalized spacial score (nSPS) is 14.9. The van der Waals surface area contributed by atoms with E-state index in [0.29, 0.717) is 17.7 Å². The lowest BCUT2D eigenvalue weighted by Gasteiger charge is -2.44. The first-order valence-electron chi connectivity index (χ1n) is 14.1. The van der Waals surface area contributed by atoms with Crippen molar-refractivity contribution in [3.8, 4) is 11.8 Å². The molecule has 0 aliphatic rings. The molecule has 1 rings (SSSR count). The summed E-state index contributed by atoms with van der Waals surface area (Å²) in [6.07, 6.45) is 13.9. The fraction of sp³-hybridized carbons (Fsp3) is 0.594. The average molecular weight is 575 g/mol. The van der Waals surface area contributed by atoms with Crippen molar-refractivity contribution in [2.24, 2.45) is 5.41 Å². The second kappa shape index (κ2) is 18.8. The molecule has 0 N–H and O–H groups in total. The van der Waals surface area contributed by atoms with Gasteiger partial charge in [0, 0.05) is 26.1 Å². The van der Waals surface area contributed by atoms with E-state index >= 15 is 0 Å². The van der Waals surface area contributed by atoms with Crippen LogP contribution in [0.1, 0.15) is 64.1 Å². The van der Waals surface area contributed by atoms with Crippen molar-refractivity contribution in [1.29, 1.82) is 0 Å². The summed E-state index contributed by atoms with van der Waals surface area (Å²) in [6, 6.07) is 4.90. The summed E-state index contributed by atoms with van der Waals surface area (Å²) in [6.45, 7) is 13.4. The molecule has 0 unspecified atom stereocenters. The van der Waals surface area contributed by atoms with Crippen molar-refractivity contribution in [3.63, 3.8) is 0 Å². The van der Waals surface area contributed by atoms with E-state index in [2.05, 4.69) is 58.6 Å². The summed E-state index contributed by atoms with van der Waals surface area (Å²) in [5, 5.41) is 0. The maximum Gasteiger partial charge on any atom is 0.341 e. The van der Waals surface area contributed by atoms with Crippen LogP contribution in [0.15, 0.2) is 53.2 Å². The lowest BCUT2D eigenvalue weighted by molar-refractivity contribution is -0.116. The molecule has 0 saturated carbocycles. The van der Waals surface area contributed by atoms with Gasteiger partial charge >= 0.3 is 5.97 Å². The van der Waals surface area contributed by atoms with Gasteiger partial charge in [0.2, 0.25) is 0 Å². The minimum Gasteiger partial charge on any atom is -0.468 e. The zero-order valence-electron chi connectivity index (χ0n) is 26.0. The molecule has 8 heteroatoms. The minimum absolute atomic E-state index is 0.0355. The van der Waals surface area contributed by atoms with Crippen molar-refractivity contribution in [2.75, 3.05) is 28.1 Å². The van der Waals surface area contributed by atoms with Gasteiger partial charge in [-0.25, -0.2) is 4.79 Å². The molecule has 0 radical (unpaired) electrons. The van der Waals surface area contributed by atoms with Gasteiger partial charge in [0.25, 0.3) is 0 Å². The van der Waals surface area contributed by atoms with E-state index in [1.54, 1.807) is 26.4 Å². The molecule has 1 aromatic rings.